The van der Waals surface area contributed by atoms with Gasteiger partial charge in [-0.25, -0.2) is 4.98 Å². The van der Waals surface area contributed by atoms with Gasteiger partial charge in [0.1, 0.15) is 18.2 Å². The van der Waals surface area contributed by atoms with Gasteiger partial charge < -0.3 is 10.8 Å². The number of amidine groups is 1. The van der Waals surface area contributed by atoms with Gasteiger partial charge >= 0.3 is 5.97 Å². The van der Waals surface area contributed by atoms with E-state index in [0.717, 1.165) is 16.7 Å². The molecule has 200 valence electrons. The third-order valence-corrected chi connectivity index (χ3v) is 6.63. The molecule has 40 heavy (non-hydrogen) atoms. The number of carbonyl (C=O) groups is 1. The van der Waals surface area contributed by atoms with Gasteiger partial charge in [0.25, 0.3) is 0 Å². The van der Waals surface area contributed by atoms with E-state index in [4.69, 9.17) is 11.1 Å². The molecule has 0 bridgehead atoms. The molecular formula is C31H29N7O2. The fourth-order valence-corrected chi connectivity index (χ4v) is 4.51. The highest BCUT2D eigenvalue weighted by atomic mass is 16.4. The lowest BCUT2D eigenvalue weighted by Crippen LogP contribution is -2.42. The molecule has 0 spiro atoms. The van der Waals surface area contributed by atoms with Crippen molar-refractivity contribution >= 4 is 11.8 Å². The van der Waals surface area contributed by atoms with Crippen LogP contribution in [-0.4, -0.2) is 47.6 Å². The van der Waals surface area contributed by atoms with Crippen molar-refractivity contribution in [3.8, 4) is 17.1 Å². The van der Waals surface area contributed by atoms with Crippen molar-refractivity contribution in [3.05, 3.63) is 132 Å². The van der Waals surface area contributed by atoms with Crippen LogP contribution in [0, 0.1) is 5.41 Å². The van der Waals surface area contributed by atoms with Crippen molar-refractivity contribution < 1.29 is 9.90 Å². The van der Waals surface area contributed by atoms with Crippen LogP contribution in [0.2, 0.25) is 0 Å². The van der Waals surface area contributed by atoms with Crippen LogP contribution in [0.15, 0.2) is 110 Å². The molecule has 1 unspecified atom stereocenters. The first kappa shape index (κ1) is 26.5. The molecule has 0 aliphatic carbocycles. The van der Waals surface area contributed by atoms with Gasteiger partial charge in [-0.3, -0.25) is 19.7 Å². The van der Waals surface area contributed by atoms with E-state index < -0.39 is 12.0 Å². The molecule has 0 amide bonds. The van der Waals surface area contributed by atoms with Crippen LogP contribution in [0.1, 0.15) is 22.4 Å². The Labute approximate surface area is 232 Å². The second-order valence-electron chi connectivity index (χ2n) is 9.47. The van der Waals surface area contributed by atoms with Crippen LogP contribution in [-0.2, 0) is 24.3 Å². The molecule has 9 nitrogen and oxygen atoms in total. The van der Waals surface area contributed by atoms with E-state index in [1.807, 2.05) is 89.8 Å². The average molecular weight is 532 g/mol. The largest absolute Gasteiger partial charge is 0.480 e. The van der Waals surface area contributed by atoms with Crippen molar-refractivity contribution in [2.75, 3.05) is 0 Å². The number of imidazole rings is 1. The summed E-state index contributed by atoms with van der Waals surface area (Å²) in [5, 5.41) is 26.5. The Kier molecular flexibility index (Phi) is 8.03. The SMILES string of the molecule is N=C(N)c1ccc(-c2ccc(-n3cnc(CC(C(=O)O)N(Cc4ccccc4)Cc4ccccc4)c3)nn2)cc1. The summed E-state index contributed by atoms with van der Waals surface area (Å²) in [4.78, 5) is 19.0. The summed E-state index contributed by atoms with van der Waals surface area (Å²) < 4.78 is 1.74. The Morgan fingerprint density at radius 1 is 0.875 bits per heavy atom. The Bertz CT molecular complexity index is 1530. The number of nitrogens with two attached hydrogens (primary N) is 1. The fraction of sp³-hybridized carbons (Fsp3) is 0.129. The molecule has 9 heteroatoms. The lowest BCUT2D eigenvalue weighted by Gasteiger charge is -2.28. The summed E-state index contributed by atoms with van der Waals surface area (Å²) in [7, 11) is 0. The number of hydrogen-bond acceptors (Lipinski definition) is 6. The Morgan fingerprint density at radius 2 is 1.50 bits per heavy atom. The molecule has 3 aromatic carbocycles. The van der Waals surface area contributed by atoms with Gasteiger partial charge in [0, 0.05) is 36.8 Å². The maximum Gasteiger partial charge on any atom is 0.321 e. The van der Waals surface area contributed by atoms with Gasteiger partial charge in [-0.05, 0) is 23.3 Å². The summed E-state index contributed by atoms with van der Waals surface area (Å²) in [5.41, 5.74) is 10.4. The quantitative estimate of drug-likeness (QED) is 0.171. The topological polar surface area (TPSA) is 134 Å². The zero-order valence-electron chi connectivity index (χ0n) is 21.8. The van der Waals surface area contributed by atoms with E-state index in [9.17, 15) is 9.90 Å². The lowest BCUT2D eigenvalue weighted by atomic mass is 10.1. The van der Waals surface area contributed by atoms with Crippen molar-refractivity contribution in [1.29, 1.82) is 5.41 Å². The van der Waals surface area contributed by atoms with Crippen LogP contribution >= 0.6 is 0 Å². The number of nitrogens with one attached hydrogen (secondary N) is 1. The summed E-state index contributed by atoms with van der Waals surface area (Å²) >= 11 is 0. The first-order valence-corrected chi connectivity index (χ1v) is 12.8. The van der Waals surface area contributed by atoms with Crippen LogP contribution in [0.25, 0.3) is 17.1 Å². The molecule has 0 saturated carbocycles. The van der Waals surface area contributed by atoms with Crippen LogP contribution in [0.4, 0.5) is 0 Å². The van der Waals surface area contributed by atoms with Crippen molar-refractivity contribution in [3.63, 3.8) is 0 Å². The Balaban J connectivity index is 1.34. The number of rotatable bonds is 11. The first-order valence-electron chi connectivity index (χ1n) is 12.8. The van der Waals surface area contributed by atoms with Gasteiger partial charge in [-0.1, -0.05) is 84.9 Å². The highest BCUT2D eigenvalue weighted by molar-refractivity contribution is 5.95. The molecule has 0 aliphatic heterocycles. The second-order valence-corrected chi connectivity index (χ2v) is 9.47. The molecule has 2 heterocycles. The number of aliphatic carboxylic acids is 1. The zero-order chi connectivity index (χ0) is 27.9. The van der Waals surface area contributed by atoms with Gasteiger partial charge in [0.15, 0.2) is 5.82 Å². The molecule has 2 aromatic heterocycles. The number of hydrogen-bond donors (Lipinski definition) is 3. The number of nitrogens with zero attached hydrogens (tertiary/aromatic N) is 5. The van der Waals surface area contributed by atoms with Crippen molar-refractivity contribution in [1.82, 2.24) is 24.6 Å². The van der Waals surface area contributed by atoms with Gasteiger partial charge in [0.2, 0.25) is 0 Å². The first-order chi connectivity index (χ1) is 19.5. The maximum absolute atomic E-state index is 12.5. The van der Waals surface area contributed by atoms with E-state index in [1.165, 1.54) is 0 Å². The van der Waals surface area contributed by atoms with E-state index in [0.29, 0.717) is 35.9 Å². The monoisotopic (exact) mass is 531 g/mol. The molecular weight excluding hydrogens is 502 g/mol. The molecule has 0 fully saturated rings. The minimum Gasteiger partial charge on any atom is -0.480 e. The highest BCUT2D eigenvalue weighted by Crippen LogP contribution is 2.20. The van der Waals surface area contributed by atoms with Crippen LogP contribution < -0.4 is 5.73 Å². The molecule has 5 rings (SSSR count). The standard InChI is InChI=1S/C31H29N7O2/c32-30(33)25-13-11-24(12-14-25)27-15-16-29(36-35-27)38-20-26(34-21-38)17-28(31(39)40)37(18-22-7-3-1-4-8-22)19-23-9-5-2-6-10-23/h1-16,20-21,28H,17-19H2,(H3,32,33)(H,39,40). The van der Waals surface area contributed by atoms with E-state index >= 15 is 0 Å². The molecule has 1 atom stereocenters. The van der Waals surface area contributed by atoms with Crippen LogP contribution in [0.3, 0.4) is 0 Å². The van der Waals surface area contributed by atoms with Crippen LogP contribution in [0.5, 0.6) is 0 Å². The minimum absolute atomic E-state index is 0.0114. The third kappa shape index (κ3) is 6.46. The van der Waals surface area contributed by atoms with Crippen molar-refractivity contribution in [2.24, 2.45) is 5.73 Å². The average Bonchev–Trinajstić information content (AvgIpc) is 3.45. The lowest BCUT2D eigenvalue weighted by molar-refractivity contribution is -0.143. The third-order valence-electron chi connectivity index (χ3n) is 6.63. The molecule has 4 N–H and O–H groups in total. The molecule has 5 aromatic rings. The van der Waals surface area contributed by atoms with E-state index in [1.54, 1.807) is 29.2 Å². The predicted molar refractivity (Wildman–Crippen MR) is 153 cm³/mol. The smallest absolute Gasteiger partial charge is 0.321 e. The van der Waals surface area contributed by atoms with Crippen molar-refractivity contribution in [2.45, 2.75) is 25.6 Å². The summed E-state index contributed by atoms with van der Waals surface area (Å²) in [5.74, 6) is -0.321. The van der Waals surface area contributed by atoms with Gasteiger partial charge in [-0.2, -0.15) is 0 Å². The summed E-state index contributed by atoms with van der Waals surface area (Å²) in [6.45, 7) is 0.988. The molecule has 0 radical (unpaired) electrons. The Morgan fingerprint density at radius 3 is 2.02 bits per heavy atom. The molecule has 0 saturated heterocycles. The summed E-state index contributed by atoms with van der Waals surface area (Å²) in [6.07, 6.45) is 3.65. The number of benzene rings is 3. The number of carboxylic acid groups (broad SMARTS) is 1. The highest BCUT2D eigenvalue weighted by Gasteiger charge is 2.27. The number of carboxylic acids is 1. The van der Waals surface area contributed by atoms with Gasteiger partial charge in [0.05, 0.1) is 11.4 Å². The second kappa shape index (κ2) is 12.1. The zero-order valence-corrected chi connectivity index (χ0v) is 21.8. The molecule has 0 aliphatic rings. The van der Waals surface area contributed by atoms with E-state index in [2.05, 4.69) is 15.2 Å². The van der Waals surface area contributed by atoms with E-state index in [-0.39, 0.29) is 12.3 Å². The number of aromatic nitrogens is 4. The number of nitrogen functional groups attached to an aromatic ring is 1. The summed E-state index contributed by atoms with van der Waals surface area (Å²) in [6, 6.07) is 29.9. The predicted octanol–water partition coefficient (Wildman–Crippen LogP) is 4.31. The normalized spacial score (nSPS) is 11.8. The maximum atomic E-state index is 12.5. The van der Waals surface area contributed by atoms with Gasteiger partial charge in [-0.15, -0.1) is 10.2 Å². The minimum atomic E-state index is -0.902. The Hall–Kier alpha value is -5.15. The fourth-order valence-electron chi connectivity index (χ4n) is 4.51.